The fraction of sp³-hybridized carbons (Fsp3) is 0.593. The monoisotopic (exact) mass is 508 g/mol. The van der Waals surface area contributed by atoms with Crippen LogP contribution in [0.25, 0.3) is 0 Å². The number of carbonyl (C=O) groups excluding carboxylic acids is 2. The predicted octanol–water partition coefficient (Wildman–Crippen LogP) is 3.07. The van der Waals surface area contributed by atoms with Crippen molar-refractivity contribution < 1.29 is 23.6 Å². The van der Waals surface area contributed by atoms with E-state index >= 15 is 0 Å². The van der Waals surface area contributed by atoms with Crippen molar-refractivity contribution in [3.63, 3.8) is 0 Å². The maximum atomic E-state index is 13.3. The normalized spacial score (nSPS) is 24.6. The first-order valence-corrected chi connectivity index (χ1v) is 13.2. The summed E-state index contributed by atoms with van der Waals surface area (Å²) < 4.78 is 19.4. The van der Waals surface area contributed by atoms with Gasteiger partial charge in [0.1, 0.15) is 0 Å². The summed E-state index contributed by atoms with van der Waals surface area (Å²) in [5.74, 6) is -0.487. The molecule has 2 atom stereocenters. The van der Waals surface area contributed by atoms with Crippen LogP contribution in [0.15, 0.2) is 24.3 Å². The highest BCUT2D eigenvalue weighted by Gasteiger charge is 2.52. The van der Waals surface area contributed by atoms with Crippen molar-refractivity contribution in [1.82, 2.24) is 14.7 Å². The first-order chi connectivity index (χ1) is 17.5. The average Bonchev–Trinajstić information content (AvgIpc) is 3.56. The molecule has 0 saturated carbocycles. The maximum absolute atomic E-state index is 13.3. The smallest absolute Gasteiger partial charge is 0.469 e. The van der Waals surface area contributed by atoms with Crippen LogP contribution >= 0.6 is 0 Å². The minimum Gasteiger partial charge on any atom is -0.469 e. The molecule has 5 rings (SSSR count). The van der Waals surface area contributed by atoms with Gasteiger partial charge in [0.25, 0.3) is 5.91 Å². The van der Waals surface area contributed by atoms with Crippen LogP contribution in [0.5, 0.6) is 0 Å². The Kier molecular flexibility index (Phi) is 6.71. The summed E-state index contributed by atoms with van der Waals surface area (Å²) in [5, 5.41) is 7.70. The number of anilines is 1. The van der Waals surface area contributed by atoms with Crippen LogP contribution < -0.4 is 10.8 Å². The Labute approximate surface area is 219 Å². The van der Waals surface area contributed by atoms with Crippen LogP contribution in [0.2, 0.25) is 0 Å². The lowest BCUT2D eigenvalue weighted by atomic mass is 9.76. The summed E-state index contributed by atoms with van der Waals surface area (Å²) in [6.07, 6.45) is 2.76. The first kappa shape index (κ1) is 25.9. The summed E-state index contributed by atoms with van der Waals surface area (Å²) in [4.78, 5) is 27.7. The molecule has 0 spiro atoms. The highest BCUT2D eigenvalue weighted by Crippen LogP contribution is 2.37. The Hall–Kier alpha value is -2.69. The van der Waals surface area contributed by atoms with Gasteiger partial charge in [-0.1, -0.05) is 12.1 Å². The number of amides is 1. The lowest BCUT2D eigenvalue weighted by molar-refractivity contribution is -0.145. The van der Waals surface area contributed by atoms with Crippen LogP contribution in [0, 0.1) is 12.8 Å². The summed E-state index contributed by atoms with van der Waals surface area (Å²) in [6, 6.07) is 7.81. The molecular weight excluding hydrogens is 471 g/mol. The molecule has 2 saturated heterocycles. The predicted molar refractivity (Wildman–Crippen MR) is 141 cm³/mol. The molecule has 10 heteroatoms. The van der Waals surface area contributed by atoms with Crippen molar-refractivity contribution in [3.05, 3.63) is 41.2 Å². The number of fused-ring (bicyclic) bond motifs is 1. The number of benzene rings is 1. The molecule has 1 N–H and O–H groups in total. The number of hydrogen-bond donors (Lipinski definition) is 1. The average molecular weight is 508 g/mol. The molecule has 198 valence electrons. The van der Waals surface area contributed by atoms with Crippen molar-refractivity contribution >= 4 is 30.1 Å². The van der Waals surface area contributed by atoms with Gasteiger partial charge >= 0.3 is 13.1 Å². The molecular formula is C27H37BN4O5. The second-order valence-electron chi connectivity index (χ2n) is 11.4. The summed E-state index contributed by atoms with van der Waals surface area (Å²) in [6.45, 7) is 12.4. The van der Waals surface area contributed by atoms with E-state index in [1.54, 1.807) is 0 Å². The Bertz CT molecular complexity index is 1190. The summed E-state index contributed by atoms with van der Waals surface area (Å²) in [5.41, 5.74) is 3.05. The second-order valence-corrected chi connectivity index (χ2v) is 11.4. The number of hydrogen-bond acceptors (Lipinski definition) is 7. The van der Waals surface area contributed by atoms with Crippen molar-refractivity contribution in [3.8, 4) is 0 Å². The minimum absolute atomic E-state index is 0.0923. The molecule has 3 aliphatic rings. The number of aryl methyl sites for hydroxylation is 1. The number of methoxy groups -OCH3 is 1. The standard InChI is InChI=1S/C27H37BN4O5/c1-17-19(28-36-26(2,3)27(4,5)37-28)9-7-10-20(17)29-24(33)21-15-23-22(11-8-13-32(23)30-21)31-14-12-18(16-31)25(34)35-6/h7,9-10,15,18,22H,8,11-14,16H2,1-6H3,(H,29,33)/t18-,22+/m1/s1. The van der Waals surface area contributed by atoms with E-state index in [2.05, 4.69) is 15.3 Å². The van der Waals surface area contributed by atoms with Gasteiger partial charge in [0.15, 0.2) is 5.69 Å². The van der Waals surface area contributed by atoms with Crippen molar-refractivity contribution in [1.29, 1.82) is 0 Å². The zero-order valence-electron chi connectivity index (χ0n) is 22.7. The van der Waals surface area contributed by atoms with E-state index in [9.17, 15) is 9.59 Å². The molecule has 0 unspecified atom stereocenters. The van der Waals surface area contributed by atoms with E-state index in [0.717, 1.165) is 49.1 Å². The highest BCUT2D eigenvalue weighted by atomic mass is 16.7. The van der Waals surface area contributed by atoms with Crippen LogP contribution in [-0.4, -0.2) is 65.1 Å². The molecule has 2 fully saturated rings. The van der Waals surface area contributed by atoms with E-state index in [1.165, 1.54) is 7.11 Å². The topological polar surface area (TPSA) is 94.9 Å². The lowest BCUT2D eigenvalue weighted by Crippen LogP contribution is -2.41. The Balaban J connectivity index is 1.32. The van der Waals surface area contributed by atoms with Gasteiger partial charge in [-0.3, -0.25) is 19.2 Å². The minimum atomic E-state index is -0.503. The second kappa shape index (κ2) is 9.56. The molecule has 1 amide bonds. The third-order valence-electron chi connectivity index (χ3n) is 8.56. The first-order valence-electron chi connectivity index (χ1n) is 13.2. The van der Waals surface area contributed by atoms with E-state index in [1.807, 2.05) is 63.6 Å². The number of rotatable bonds is 5. The molecule has 0 bridgehead atoms. The van der Waals surface area contributed by atoms with Crippen LogP contribution in [0.1, 0.15) is 74.7 Å². The fourth-order valence-electron chi connectivity index (χ4n) is 5.57. The molecule has 1 aromatic carbocycles. The lowest BCUT2D eigenvalue weighted by Gasteiger charge is -2.32. The number of likely N-dealkylation sites (tertiary alicyclic amines) is 1. The van der Waals surface area contributed by atoms with Crippen LogP contribution in [0.4, 0.5) is 5.69 Å². The Morgan fingerprint density at radius 1 is 1.14 bits per heavy atom. The Morgan fingerprint density at radius 3 is 2.57 bits per heavy atom. The fourth-order valence-corrected chi connectivity index (χ4v) is 5.57. The quantitative estimate of drug-likeness (QED) is 0.490. The van der Waals surface area contributed by atoms with Crippen molar-refractivity contribution in [2.75, 3.05) is 25.5 Å². The van der Waals surface area contributed by atoms with Gasteiger partial charge < -0.3 is 19.4 Å². The molecule has 9 nitrogen and oxygen atoms in total. The highest BCUT2D eigenvalue weighted by molar-refractivity contribution is 6.62. The Morgan fingerprint density at radius 2 is 1.86 bits per heavy atom. The summed E-state index contributed by atoms with van der Waals surface area (Å²) >= 11 is 0. The van der Waals surface area contributed by atoms with E-state index in [0.29, 0.717) is 17.9 Å². The van der Waals surface area contributed by atoms with Crippen molar-refractivity contribution in [2.24, 2.45) is 5.92 Å². The molecule has 1 aromatic heterocycles. The molecule has 0 radical (unpaired) electrons. The third-order valence-corrected chi connectivity index (χ3v) is 8.56. The van der Waals surface area contributed by atoms with E-state index in [-0.39, 0.29) is 23.8 Å². The number of nitrogens with zero attached hydrogens (tertiary/aromatic N) is 3. The SMILES string of the molecule is COC(=O)[C@@H]1CCN([C@H]2CCCn3nc(C(=O)Nc4cccc(B5OC(C)(C)C(C)(C)O5)c4C)cc32)C1. The molecule has 4 heterocycles. The van der Waals surface area contributed by atoms with Gasteiger partial charge in [-0.2, -0.15) is 5.10 Å². The number of ether oxygens (including phenoxy) is 1. The zero-order valence-corrected chi connectivity index (χ0v) is 22.7. The van der Waals surface area contributed by atoms with Gasteiger partial charge in [-0.05, 0) is 83.6 Å². The van der Waals surface area contributed by atoms with Gasteiger partial charge in [0.2, 0.25) is 0 Å². The van der Waals surface area contributed by atoms with E-state index in [4.69, 9.17) is 14.0 Å². The van der Waals surface area contributed by atoms with Gasteiger partial charge in [0.05, 0.1) is 36.0 Å². The molecule has 2 aromatic rings. The number of aromatic nitrogens is 2. The molecule has 0 aliphatic carbocycles. The van der Waals surface area contributed by atoms with Crippen LogP contribution in [-0.2, 0) is 25.4 Å². The molecule has 37 heavy (non-hydrogen) atoms. The van der Waals surface area contributed by atoms with Gasteiger partial charge in [-0.25, -0.2) is 0 Å². The van der Waals surface area contributed by atoms with E-state index < -0.39 is 18.3 Å². The zero-order chi connectivity index (χ0) is 26.5. The van der Waals surface area contributed by atoms with Crippen molar-refractivity contribution in [2.45, 2.75) is 77.7 Å². The number of carbonyl (C=O) groups is 2. The van der Waals surface area contributed by atoms with Gasteiger partial charge in [-0.15, -0.1) is 0 Å². The third kappa shape index (κ3) is 4.71. The largest absolute Gasteiger partial charge is 0.495 e. The number of esters is 1. The molecule has 3 aliphatic heterocycles. The number of nitrogens with one attached hydrogen (secondary N) is 1. The van der Waals surface area contributed by atoms with Crippen LogP contribution in [0.3, 0.4) is 0 Å². The van der Waals surface area contributed by atoms with Gasteiger partial charge in [0, 0.05) is 18.8 Å². The maximum Gasteiger partial charge on any atom is 0.495 e. The summed E-state index contributed by atoms with van der Waals surface area (Å²) in [7, 11) is 0.940.